The smallest absolute Gasteiger partial charge is 0.278 e. The number of aromatic nitrogens is 1. The van der Waals surface area contributed by atoms with E-state index in [9.17, 15) is 20.2 Å². The molecule has 0 atom stereocenters. The van der Waals surface area contributed by atoms with E-state index in [-0.39, 0.29) is 11.4 Å². The van der Waals surface area contributed by atoms with Crippen molar-refractivity contribution in [3.63, 3.8) is 0 Å². The van der Waals surface area contributed by atoms with Gasteiger partial charge in [-0.1, -0.05) is 13.8 Å². The SMILES string of the molecule is CC.O=[N+]([O-])c1cc(-n2cccc2)cc([N+](=O)[O-])c1. The zero-order chi connectivity index (χ0) is 14.4. The van der Waals surface area contributed by atoms with E-state index < -0.39 is 9.85 Å². The Morgan fingerprint density at radius 2 is 1.32 bits per heavy atom. The van der Waals surface area contributed by atoms with Crippen LogP contribution in [-0.2, 0) is 0 Å². The van der Waals surface area contributed by atoms with Gasteiger partial charge in [0.25, 0.3) is 11.4 Å². The van der Waals surface area contributed by atoms with Crippen molar-refractivity contribution in [2.45, 2.75) is 13.8 Å². The summed E-state index contributed by atoms with van der Waals surface area (Å²) in [5.41, 5.74) is -0.221. The molecule has 7 nitrogen and oxygen atoms in total. The second-order valence-electron chi connectivity index (χ2n) is 3.31. The van der Waals surface area contributed by atoms with Crippen molar-refractivity contribution >= 4 is 11.4 Å². The summed E-state index contributed by atoms with van der Waals surface area (Å²) in [6, 6.07) is 6.96. The Kier molecular flexibility index (Phi) is 4.76. The molecule has 0 saturated heterocycles. The summed E-state index contributed by atoms with van der Waals surface area (Å²) in [7, 11) is 0. The van der Waals surface area contributed by atoms with Crippen LogP contribution in [0.4, 0.5) is 11.4 Å². The van der Waals surface area contributed by atoms with Gasteiger partial charge in [-0.25, -0.2) is 0 Å². The molecule has 100 valence electrons. The predicted molar refractivity (Wildman–Crippen MR) is 70.4 cm³/mol. The third-order valence-electron chi connectivity index (χ3n) is 2.21. The van der Waals surface area contributed by atoms with Gasteiger partial charge in [-0.2, -0.15) is 0 Å². The van der Waals surface area contributed by atoms with Gasteiger partial charge in [-0.3, -0.25) is 20.2 Å². The van der Waals surface area contributed by atoms with E-state index in [1.807, 2.05) is 13.8 Å². The molecule has 0 radical (unpaired) electrons. The molecule has 0 bridgehead atoms. The number of hydrogen-bond acceptors (Lipinski definition) is 4. The van der Waals surface area contributed by atoms with E-state index in [2.05, 4.69) is 0 Å². The molecule has 19 heavy (non-hydrogen) atoms. The molecule has 2 rings (SSSR count). The van der Waals surface area contributed by atoms with Crippen molar-refractivity contribution in [2.24, 2.45) is 0 Å². The van der Waals surface area contributed by atoms with Crippen LogP contribution in [0.3, 0.4) is 0 Å². The van der Waals surface area contributed by atoms with E-state index in [0.717, 1.165) is 6.07 Å². The summed E-state index contributed by atoms with van der Waals surface area (Å²) in [5, 5.41) is 21.3. The van der Waals surface area contributed by atoms with E-state index in [1.165, 1.54) is 12.1 Å². The van der Waals surface area contributed by atoms with Crippen LogP contribution in [0.2, 0.25) is 0 Å². The van der Waals surface area contributed by atoms with Crippen molar-refractivity contribution < 1.29 is 9.85 Å². The Balaban J connectivity index is 0.000000861. The molecule has 1 aromatic carbocycles. The van der Waals surface area contributed by atoms with Gasteiger partial charge in [-0.15, -0.1) is 0 Å². The van der Waals surface area contributed by atoms with Crippen LogP contribution in [0, 0.1) is 20.2 Å². The predicted octanol–water partition coefficient (Wildman–Crippen LogP) is 3.32. The van der Waals surface area contributed by atoms with Crippen LogP contribution in [0.1, 0.15) is 13.8 Å². The molecule has 0 fully saturated rings. The molecule has 0 spiro atoms. The summed E-state index contributed by atoms with van der Waals surface area (Å²) < 4.78 is 1.57. The molecular formula is C12H13N3O4. The minimum absolute atomic E-state index is 0.303. The molecule has 7 heteroatoms. The summed E-state index contributed by atoms with van der Waals surface area (Å²) in [6.45, 7) is 4.00. The first-order valence-corrected chi connectivity index (χ1v) is 5.65. The van der Waals surface area contributed by atoms with E-state index >= 15 is 0 Å². The Bertz CT molecular complexity index is 546. The number of nitro benzene ring substituents is 2. The molecule has 0 N–H and O–H groups in total. The Labute approximate surface area is 109 Å². The highest BCUT2D eigenvalue weighted by Crippen LogP contribution is 2.24. The van der Waals surface area contributed by atoms with Crippen molar-refractivity contribution in [3.8, 4) is 5.69 Å². The highest BCUT2D eigenvalue weighted by molar-refractivity contribution is 5.53. The normalized spacial score (nSPS) is 9.37. The lowest BCUT2D eigenvalue weighted by molar-refractivity contribution is -0.394. The monoisotopic (exact) mass is 263 g/mol. The maximum absolute atomic E-state index is 10.7. The lowest BCUT2D eigenvalue weighted by atomic mass is 10.2. The van der Waals surface area contributed by atoms with Crippen molar-refractivity contribution in [2.75, 3.05) is 0 Å². The number of non-ortho nitro benzene ring substituents is 2. The minimum Gasteiger partial charge on any atom is -0.323 e. The third-order valence-corrected chi connectivity index (χ3v) is 2.21. The zero-order valence-corrected chi connectivity index (χ0v) is 10.5. The van der Waals surface area contributed by atoms with Crippen LogP contribution < -0.4 is 0 Å². The Hall–Kier alpha value is -2.70. The average molecular weight is 263 g/mol. The largest absolute Gasteiger partial charge is 0.323 e. The van der Waals surface area contributed by atoms with Crippen LogP contribution in [-0.4, -0.2) is 14.4 Å². The van der Waals surface area contributed by atoms with Gasteiger partial charge < -0.3 is 4.57 Å². The third kappa shape index (κ3) is 3.38. The van der Waals surface area contributed by atoms with E-state index in [4.69, 9.17) is 0 Å². The second kappa shape index (κ2) is 6.29. The summed E-state index contributed by atoms with van der Waals surface area (Å²) in [4.78, 5) is 20.0. The minimum atomic E-state index is -0.653. The first-order chi connectivity index (χ1) is 9.08. The fourth-order valence-electron chi connectivity index (χ4n) is 1.45. The van der Waals surface area contributed by atoms with Crippen molar-refractivity contribution in [3.05, 3.63) is 63.0 Å². The average Bonchev–Trinajstić information content (AvgIpc) is 2.94. The molecule has 0 aliphatic rings. The number of benzene rings is 1. The zero-order valence-electron chi connectivity index (χ0n) is 10.5. The molecule has 0 aliphatic carbocycles. The molecular weight excluding hydrogens is 250 g/mol. The summed E-state index contributed by atoms with van der Waals surface area (Å²) >= 11 is 0. The Morgan fingerprint density at radius 3 is 1.68 bits per heavy atom. The number of rotatable bonds is 3. The fourth-order valence-corrected chi connectivity index (χ4v) is 1.45. The molecule has 0 unspecified atom stereocenters. The van der Waals surface area contributed by atoms with Gasteiger partial charge in [-0.05, 0) is 12.1 Å². The lowest BCUT2D eigenvalue weighted by Crippen LogP contribution is -1.97. The maximum Gasteiger partial charge on any atom is 0.278 e. The molecule has 0 saturated carbocycles. The lowest BCUT2D eigenvalue weighted by Gasteiger charge is -2.02. The van der Waals surface area contributed by atoms with Gasteiger partial charge >= 0.3 is 0 Å². The standard InChI is InChI=1S/C10H7N3O4.C2H6/c14-12(15)9-5-8(11-3-1-2-4-11)6-10(7-9)13(16)17;1-2/h1-7H;1-2H3. The topological polar surface area (TPSA) is 91.2 Å². The number of nitrogens with zero attached hydrogens (tertiary/aromatic N) is 3. The number of hydrogen-bond donors (Lipinski definition) is 0. The molecule has 1 heterocycles. The van der Waals surface area contributed by atoms with Gasteiger partial charge in [0.05, 0.1) is 21.6 Å². The molecule has 2 aromatic rings. The molecule has 1 aromatic heterocycles. The van der Waals surface area contributed by atoms with Crippen LogP contribution in [0.5, 0.6) is 0 Å². The van der Waals surface area contributed by atoms with Gasteiger partial charge in [0, 0.05) is 24.5 Å². The van der Waals surface area contributed by atoms with Crippen molar-refractivity contribution in [1.82, 2.24) is 4.57 Å². The van der Waals surface area contributed by atoms with Crippen LogP contribution >= 0.6 is 0 Å². The van der Waals surface area contributed by atoms with Crippen LogP contribution in [0.15, 0.2) is 42.7 Å². The first kappa shape index (κ1) is 14.4. The summed E-state index contributed by atoms with van der Waals surface area (Å²) in [6.07, 6.45) is 3.31. The molecule has 0 aliphatic heterocycles. The van der Waals surface area contributed by atoms with Gasteiger partial charge in [0.1, 0.15) is 0 Å². The van der Waals surface area contributed by atoms with Crippen molar-refractivity contribution in [1.29, 1.82) is 0 Å². The Morgan fingerprint density at radius 1 is 0.895 bits per heavy atom. The molecule has 0 amide bonds. The highest BCUT2D eigenvalue weighted by Gasteiger charge is 2.16. The highest BCUT2D eigenvalue weighted by atomic mass is 16.6. The van der Waals surface area contributed by atoms with E-state index in [0.29, 0.717) is 5.69 Å². The van der Waals surface area contributed by atoms with Gasteiger partial charge in [0.2, 0.25) is 0 Å². The fraction of sp³-hybridized carbons (Fsp3) is 0.167. The van der Waals surface area contributed by atoms with E-state index in [1.54, 1.807) is 29.1 Å². The summed E-state index contributed by atoms with van der Waals surface area (Å²) in [5.74, 6) is 0. The first-order valence-electron chi connectivity index (χ1n) is 5.65. The quantitative estimate of drug-likeness (QED) is 0.627. The second-order valence-corrected chi connectivity index (χ2v) is 3.31. The van der Waals surface area contributed by atoms with Gasteiger partial charge in [0.15, 0.2) is 0 Å². The van der Waals surface area contributed by atoms with Crippen LogP contribution in [0.25, 0.3) is 5.69 Å². The number of nitro groups is 2. The maximum atomic E-state index is 10.7.